The molecule has 1 spiro atoms. The predicted molar refractivity (Wildman–Crippen MR) is 239 cm³/mol. The van der Waals surface area contributed by atoms with Crippen LogP contribution in [-0.2, 0) is 52.2 Å². The smallest absolute Gasteiger partial charge is 0.316 e. The van der Waals surface area contributed by atoms with E-state index in [1.807, 2.05) is 26.0 Å². The first-order valence-corrected chi connectivity index (χ1v) is 24.3. The third-order valence-electron chi connectivity index (χ3n) is 15.4. The van der Waals surface area contributed by atoms with E-state index < -0.39 is 66.4 Å². The van der Waals surface area contributed by atoms with Gasteiger partial charge in [0.1, 0.15) is 35.9 Å². The van der Waals surface area contributed by atoms with Crippen LogP contribution in [-0.4, -0.2) is 141 Å². The molecule has 5 saturated heterocycles. The van der Waals surface area contributed by atoms with Gasteiger partial charge in [-0.15, -0.1) is 0 Å². The third kappa shape index (κ3) is 10.3. The summed E-state index contributed by atoms with van der Waals surface area (Å²) >= 11 is 0. The van der Waals surface area contributed by atoms with Crippen molar-refractivity contribution in [2.24, 2.45) is 23.7 Å². The Morgan fingerprint density at radius 3 is 2.38 bits per heavy atom. The molecule has 7 rings (SSSR count). The summed E-state index contributed by atoms with van der Waals surface area (Å²) in [5.41, 5.74) is 0.236. The van der Waals surface area contributed by atoms with Gasteiger partial charge in [-0.1, -0.05) is 71.4 Å². The Morgan fingerprint density at radius 2 is 1.66 bits per heavy atom. The van der Waals surface area contributed by atoms with Crippen LogP contribution < -0.4 is 5.32 Å². The molecule has 6 heterocycles. The maximum absolute atomic E-state index is 14.4. The second-order valence-electron chi connectivity index (χ2n) is 19.9. The van der Waals surface area contributed by atoms with Crippen molar-refractivity contribution in [3.8, 4) is 0 Å². The molecule has 1 aliphatic carbocycles. The van der Waals surface area contributed by atoms with Crippen molar-refractivity contribution >= 4 is 5.97 Å². The molecule has 3 N–H and O–H groups in total. The van der Waals surface area contributed by atoms with Crippen molar-refractivity contribution in [3.05, 3.63) is 47.1 Å². The van der Waals surface area contributed by atoms with Gasteiger partial charge < -0.3 is 62.9 Å². The lowest BCUT2D eigenvalue weighted by atomic mass is 9.71. The second-order valence-corrected chi connectivity index (χ2v) is 19.9. The molecule has 0 radical (unpaired) electrons. The Hall–Kier alpha value is -2.05. The minimum Gasteiger partial charge on any atom is -0.462 e. The zero-order valence-corrected chi connectivity index (χ0v) is 40.2. The molecule has 0 aromatic heterocycles. The van der Waals surface area contributed by atoms with E-state index in [9.17, 15) is 15.0 Å². The molecule has 5 fully saturated rings. The fourth-order valence-corrected chi connectivity index (χ4v) is 11.5. The van der Waals surface area contributed by atoms with E-state index in [0.717, 1.165) is 25.0 Å². The van der Waals surface area contributed by atoms with Gasteiger partial charge in [-0.05, 0) is 75.6 Å². The summed E-state index contributed by atoms with van der Waals surface area (Å²) in [5.74, 6) is -2.04. The maximum Gasteiger partial charge on any atom is 0.316 e. The van der Waals surface area contributed by atoms with Crippen LogP contribution in [0.5, 0.6) is 0 Å². The number of carbonyl (C=O) groups excluding carboxylic acids is 1. The number of fused-ring (bicyclic) bond motifs is 2. The lowest BCUT2D eigenvalue weighted by Crippen LogP contribution is -2.58. The molecular weight excluding hydrogens is 823 g/mol. The van der Waals surface area contributed by atoms with Crippen LogP contribution in [0.1, 0.15) is 114 Å². The summed E-state index contributed by atoms with van der Waals surface area (Å²) in [6.07, 6.45) is 8.74. The van der Waals surface area contributed by atoms with Crippen molar-refractivity contribution in [1.82, 2.24) is 5.32 Å². The zero-order valence-electron chi connectivity index (χ0n) is 40.2. The van der Waals surface area contributed by atoms with Gasteiger partial charge in [-0.3, -0.25) is 4.79 Å². The molecule has 0 aromatic rings. The number of carbonyl (C=O) groups is 1. The molecule has 20 atom stereocenters. The number of aliphatic hydroxyl groups is 2. The highest BCUT2D eigenvalue weighted by molar-refractivity contribution is 5.78. The average molecular weight is 902 g/mol. The lowest BCUT2D eigenvalue weighted by Gasteiger charge is -2.51. The van der Waals surface area contributed by atoms with Crippen LogP contribution >= 0.6 is 0 Å². The van der Waals surface area contributed by atoms with E-state index in [4.69, 9.17) is 47.4 Å². The fourth-order valence-electron chi connectivity index (χ4n) is 11.5. The Balaban J connectivity index is 1.16. The molecule has 0 amide bonds. The number of aliphatic hydroxyl groups excluding tert-OH is 1. The summed E-state index contributed by atoms with van der Waals surface area (Å²) in [6.45, 7) is 19.5. The molecule has 5 unspecified atom stereocenters. The van der Waals surface area contributed by atoms with E-state index in [1.165, 1.54) is 0 Å². The summed E-state index contributed by atoms with van der Waals surface area (Å²) in [7, 11) is 3.42. The van der Waals surface area contributed by atoms with E-state index in [2.05, 4.69) is 52.9 Å². The molecule has 7 aliphatic rings. The average Bonchev–Trinajstić information content (AvgIpc) is 3.61. The summed E-state index contributed by atoms with van der Waals surface area (Å²) in [4.78, 5) is 14.4. The summed E-state index contributed by atoms with van der Waals surface area (Å²) < 4.78 is 65.0. The maximum atomic E-state index is 14.4. The first kappa shape index (κ1) is 49.8. The zero-order chi connectivity index (χ0) is 46.1. The van der Waals surface area contributed by atoms with Gasteiger partial charge in [0, 0.05) is 52.2 Å². The third-order valence-corrected chi connectivity index (χ3v) is 15.4. The van der Waals surface area contributed by atoms with Gasteiger partial charge in [-0.25, -0.2) is 0 Å². The number of rotatable bonds is 10. The number of hydrogen-bond donors (Lipinski definition) is 3. The first-order chi connectivity index (χ1) is 30.5. The highest BCUT2D eigenvalue weighted by Gasteiger charge is 2.60. The van der Waals surface area contributed by atoms with Crippen molar-refractivity contribution in [1.29, 1.82) is 0 Å². The van der Waals surface area contributed by atoms with Crippen LogP contribution in [0.3, 0.4) is 0 Å². The Morgan fingerprint density at radius 1 is 0.938 bits per heavy atom. The predicted octanol–water partition coefficient (Wildman–Crippen LogP) is 6.22. The van der Waals surface area contributed by atoms with Crippen LogP contribution in [0.25, 0.3) is 0 Å². The normalized spacial score (nSPS) is 48.2. The van der Waals surface area contributed by atoms with Crippen molar-refractivity contribution in [2.45, 2.75) is 211 Å². The number of ether oxygens (including phenoxy) is 10. The van der Waals surface area contributed by atoms with Crippen molar-refractivity contribution in [3.63, 3.8) is 0 Å². The monoisotopic (exact) mass is 902 g/mol. The molecule has 2 bridgehead atoms. The quantitative estimate of drug-likeness (QED) is 0.168. The molecule has 6 aliphatic heterocycles. The van der Waals surface area contributed by atoms with Crippen molar-refractivity contribution < 1.29 is 62.4 Å². The molecule has 14 heteroatoms. The van der Waals surface area contributed by atoms with Crippen LogP contribution in [0.15, 0.2) is 47.1 Å². The summed E-state index contributed by atoms with van der Waals surface area (Å²) in [6, 6.07) is 0.0610. The molecule has 0 saturated carbocycles. The molecule has 64 heavy (non-hydrogen) atoms. The minimum atomic E-state index is -1.81. The van der Waals surface area contributed by atoms with E-state index in [1.54, 1.807) is 33.3 Å². The number of hydrogen-bond acceptors (Lipinski definition) is 14. The van der Waals surface area contributed by atoms with Gasteiger partial charge in [0.25, 0.3) is 0 Å². The van der Waals surface area contributed by atoms with Gasteiger partial charge >= 0.3 is 5.97 Å². The van der Waals surface area contributed by atoms with Gasteiger partial charge in [-0.2, -0.15) is 0 Å². The topological polar surface area (TPSA) is 162 Å². The van der Waals surface area contributed by atoms with Gasteiger partial charge in [0.15, 0.2) is 18.4 Å². The number of methoxy groups -OCH3 is 2. The van der Waals surface area contributed by atoms with Gasteiger partial charge in [0.05, 0.1) is 55.4 Å². The van der Waals surface area contributed by atoms with Crippen molar-refractivity contribution in [2.75, 3.05) is 27.4 Å². The van der Waals surface area contributed by atoms with Crippen LogP contribution in [0, 0.1) is 23.7 Å². The van der Waals surface area contributed by atoms with Crippen LogP contribution in [0.4, 0.5) is 0 Å². The summed E-state index contributed by atoms with van der Waals surface area (Å²) in [5, 5.41) is 27.3. The van der Waals surface area contributed by atoms with E-state index in [-0.39, 0.29) is 55.2 Å². The number of nitrogens with one attached hydrogen (secondary N) is 1. The fraction of sp³-hybridized carbons (Fsp3) is 0.820. The minimum absolute atomic E-state index is 0.0000831. The number of likely N-dealkylation sites (N-methyl/N-ethyl adjacent to an activating group) is 1. The van der Waals surface area contributed by atoms with E-state index in [0.29, 0.717) is 61.5 Å². The number of esters is 1. The standard InChI is InChI=1S/C50H79NO13/c1-12-27(3)45-30(6)19-20-49(64-45)25-36-22-35(63-49)18-17-29(5)44(28(4)15-14-16-34-26-57-47-43(52)31(7)21-37(48(53)60-36)50(34,47)54)61-41-24-39(56-11)46(33(9)59-41)62-40-23-38(55-10)42(51-13-2)32(8)58-40/h14-17,21,27-28,30,32-33,35-47,51-52,54H,12-13,18-20,22-26H2,1-11H3/b15-14+,29-17+,34-16+/t27?,28-,30-,32-,33-,35?,36?,37-,38-,39-,40-,41-,42+,43+,44-,45+,46-,47?,49?,50+/m0/s1. The molecule has 0 aromatic carbocycles. The second kappa shape index (κ2) is 21.1. The molecule has 362 valence electrons. The SMILES string of the molecule is CCN[C@@H]1[C@H](C)O[C@@H](O[C@H]2[C@H](C)O[C@@H](O[C@@H]3/C(C)=C/CC4CC(CC5(CC[C@H](C)[C@@H](C(C)CC)O5)O4)OC(=O)[C@@H]4C=C(C)[C@@H](O)C5OC/C(=C\C=C\[C@@H]3C)[C@]54O)C[C@@H]2OC)C[C@@H]1OC. The largest absolute Gasteiger partial charge is 0.462 e. The first-order valence-electron chi connectivity index (χ1n) is 24.3. The Kier molecular flexibility index (Phi) is 16.4. The highest BCUT2D eigenvalue weighted by Crippen LogP contribution is 2.48. The Bertz CT molecular complexity index is 1710. The van der Waals surface area contributed by atoms with Crippen LogP contribution in [0.2, 0.25) is 0 Å². The lowest BCUT2D eigenvalue weighted by molar-refractivity contribution is -0.340. The molecule has 14 nitrogen and oxygen atoms in total. The van der Waals surface area contributed by atoms with Gasteiger partial charge in [0.2, 0.25) is 0 Å². The number of allylic oxidation sites excluding steroid dienone is 2. The van der Waals surface area contributed by atoms with E-state index >= 15 is 0 Å². The highest BCUT2D eigenvalue weighted by atomic mass is 16.7. The Labute approximate surface area is 381 Å². The molecular formula is C50H79NO13.